The van der Waals surface area contributed by atoms with Crippen molar-refractivity contribution in [2.45, 2.75) is 57.4 Å². The van der Waals surface area contributed by atoms with E-state index < -0.39 is 21.3 Å². The van der Waals surface area contributed by atoms with Gasteiger partial charge in [0.25, 0.3) is 5.91 Å². The highest BCUT2D eigenvalue weighted by Gasteiger charge is 2.55. The molecule has 1 N–H and O–H groups in total. The summed E-state index contributed by atoms with van der Waals surface area (Å²) in [6, 6.07) is 0. The van der Waals surface area contributed by atoms with Crippen molar-refractivity contribution in [1.82, 2.24) is 5.32 Å². The standard InChI is InChI=1S/C18H27NO5S/c1-17(2-3-25(22,23)11-17)19-15(20)10-24-16(21)18-7-12-4-13(8-18)6-14(5-12)9-18/h12-14H,2-11H2,1H3,(H,19,20)/t12?,13?,14?,17-,18?/m1/s1. The summed E-state index contributed by atoms with van der Waals surface area (Å²) in [4.78, 5) is 24.9. The van der Waals surface area contributed by atoms with Crippen LogP contribution < -0.4 is 5.32 Å². The fourth-order valence-electron chi connectivity index (χ4n) is 6.13. The Morgan fingerprint density at radius 3 is 2.12 bits per heavy atom. The molecule has 1 aliphatic heterocycles. The first-order chi connectivity index (χ1) is 11.7. The summed E-state index contributed by atoms with van der Waals surface area (Å²) in [7, 11) is -3.08. The minimum Gasteiger partial charge on any atom is -0.455 e. The minimum absolute atomic E-state index is 0.0470. The van der Waals surface area contributed by atoms with E-state index in [4.69, 9.17) is 4.74 Å². The molecule has 4 aliphatic carbocycles. The van der Waals surface area contributed by atoms with E-state index in [0.717, 1.165) is 19.3 Å². The first kappa shape index (κ1) is 17.3. The van der Waals surface area contributed by atoms with E-state index in [2.05, 4.69) is 5.32 Å². The molecule has 0 radical (unpaired) electrons. The molecule has 0 unspecified atom stereocenters. The Labute approximate surface area is 149 Å². The van der Waals surface area contributed by atoms with Gasteiger partial charge in [0, 0.05) is 0 Å². The molecule has 1 heterocycles. The lowest BCUT2D eigenvalue weighted by atomic mass is 9.49. The van der Waals surface area contributed by atoms with E-state index in [-0.39, 0.29) is 29.5 Å². The van der Waals surface area contributed by atoms with Gasteiger partial charge in [0.1, 0.15) is 0 Å². The van der Waals surface area contributed by atoms with Crippen LogP contribution in [0.15, 0.2) is 0 Å². The average Bonchev–Trinajstić information content (AvgIpc) is 2.76. The van der Waals surface area contributed by atoms with Gasteiger partial charge in [-0.3, -0.25) is 9.59 Å². The number of hydrogen-bond donors (Lipinski definition) is 1. The molecule has 5 rings (SSSR count). The molecule has 0 spiro atoms. The molecule has 0 aromatic rings. The Balaban J connectivity index is 1.33. The summed E-state index contributed by atoms with van der Waals surface area (Å²) < 4.78 is 28.6. The lowest BCUT2D eigenvalue weighted by molar-refractivity contribution is -0.173. The fraction of sp³-hybridized carbons (Fsp3) is 0.889. The van der Waals surface area contributed by atoms with Gasteiger partial charge in [-0.1, -0.05) is 0 Å². The molecule has 4 bridgehead atoms. The van der Waals surface area contributed by atoms with Crippen molar-refractivity contribution in [2.75, 3.05) is 18.1 Å². The zero-order valence-corrected chi connectivity index (χ0v) is 15.6. The quantitative estimate of drug-likeness (QED) is 0.758. The molecule has 25 heavy (non-hydrogen) atoms. The molecular formula is C18H27NO5S. The third-order valence-electron chi connectivity index (χ3n) is 6.75. The summed E-state index contributed by atoms with van der Waals surface area (Å²) >= 11 is 0. The molecule has 1 atom stereocenters. The topological polar surface area (TPSA) is 89.5 Å². The molecule has 5 aliphatic rings. The summed E-state index contributed by atoms with van der Waals surface area (Å²) in [5, 5.41) is 2.74. The summed E-state index contributed by atoms with van der Waals surface area (Å²) in [6.45, 7) is 1.42. The van der Waals surface area contributed by atoms with Crippen molar-refractivity contribution >= 4 is 21.7 Å². The Kier molecular flexibility index (Phi) is 3.94. The van der Waals surface area contributed by atoms with Crippen molar-refractivity contribution in [3.05, 3.63) is 0 Å². The molecule has 0 aromatic carbocycles. The highest BCUT2D eigenvalue weighted by molar-refractivity contribution is 7.91. The van der Waals surface area contributed by atoms with Gasteiger partial charge in [-0.15, -0.1) is 0 Å². The first-order valence-electron chi connectivity index (χ1n) is 9.36. The van der Waals surface area contributed by atoms with E-state index in [0.29, 0.717) is 24.2 Å². The maximum atomic E-state index is 12.7. The summed E-state index contributed by atoms with van der Waals surface area (Å²) in [5.41, 5.74) is -1.11. The van der Waals surface area contributed by atoms with Gasteiger partial charge in [0.15, 0.2) is 16.4 Å². The number of rotatable bonds is 4. The van der Waals surface area contributed by atoms with Crippen molar-refractivity contribution in [2.24, 2.45) is 23.2 Å². The fourth-order valence-corrected chi connectivity index (χ4v) is 8.22. The Morgan fingerprint density at radius 1 is 1.08 bits per heavy atom. The van der Waals surface area contributed by atoms with E-state index in [1.54, 1.807) is 6.92 Å². The van der Waals surface area contributed by atoms with Crippen LogP contribution in [-0.2, 0) is 24.2 Å². The molecule has 1 saturated heterocycles. The molecule has 0 aromatic heterocycles. The zero-order valence-electron chi connectivity index (χ0n) is 14.8. The predicted octanol–water partition coefficient (Wildman–Crippen LogP) is 1.44. The van der Waals surface area contributed by atoms with Crippen LogP contribution in [0, 0.1) is 23.2 Å². The maximum Gasteiger partial charge on any atom is 0.312 e. The van der Waals surface area contributed by atoms with E-state index in [9.17, 15) is 18.0 Å². The number of carbonyl (C=O) groups is 2. The Bertz CT molecular complexity index is 665. The van der Waals surface area contributed by atoms with Gasteiger partial charge in [-0.05, 0) is 69.6 Å². The van der Waals surface area contributed by atoms with E-state index in [1.807, 2.05) is 0 Å². The van der Waals surface area contributed by atoms with Gasteiger partial charge in [-0.2, -0.15) is 0 Å². The SMILES string of the molecule is C[C@@]1(NC(=O)COC(=O)C23CC4CC(CC(C4)C2)C3)CCS(=O)(=O)C1. The van der Waals surface area contributed by atoms with Crippen LogP contribution in [0.1, 0.15) is 51.9 Å². The second-order valence-electron chi connectivity index (χ2n) is 9.22. The monoisotopic (exact) mass is 369 g/mol. The van der Waals surface area contributed by atoms with Crippen molar-refractivity contribution in [1.29, 1.82) is 0 Å². The number of hydrogen-bond acceptors (Lipinski definition) is 5. The summed E-state index contributed by atoms with van der Waals surface area (Å²) in [5.74, 6) is 1.37. The van der Waals surface area contributed by atoms with Crippen LogP contribution in [0.3, 0.4) is 0 Å². The normalized spacial score (nSPS) is 43.8. The van der Waals surface area contributed by atoms with Crippen LogP contribution in [0.2, 0.25) is 0 Å². The number of amides is 1. The van der Waals surface area contributed by atoms with Crippen molar-refractivity contribution in [3.8, 4) is 0 Å². The smallest absolute Gasteiger partial charge is 0.312 e. The highest BCUT2D eigenvalue weighted by Crippen LogP contribution is 2.60. The molecule has 5 fully saturated rings. The number of ether oxygens (including phenoxy) is 1. The van der Waals surface area contributed by atoms with Crippen LogP contribution in [0.25, 0.3) is 0 Å². The van der Waals surface area contributed by atoms with Gasteiger partial charge >= 0.3 is 5.97 Å². The molecule has 7 heteroatoms. The zero-order chi connectivity index (χ0) is 17.9. The maximum absolute atomic E-state index is 12.7. The molecule has 1 amide bonds. The number of nitrogens with one attached hydrogen (secondary N) is 1. The van der Waals surface area contributed by atoms with Crippen LogP contribution in [-0.4, -0.2) is 43.9 Å². The van der Waals surface area contributed by atoms with E-state index in [1.165, 1.54) is 19.3 Å². The van der Waals surface area contributed by atoms with Crippen molar-refractivity contribution in [3.63, 3.8) is 0 Å². The Hall–Kier alpha value is -1.11. The van der Waals surface area contributed by atoms with Crippen LogP contribution in [0.4, 0.5) is 0 Å². The van der Waals surface area contributed by atoms with Gasteiger partial charge < -0.3 is 10.1 Å². The third kappa shape index (κ3) is 3.32. The average molecular weight is 369 g/mol. The number of esters is 1. The summed E-state index contributed by atoms with van der Waals surface area (Å²) in [6.07, 6.45) is 6.89. The van der Waals surface area contributed by atoms with Gasteiger partial charge in [-0.25, -0.2) is 8.42 Å². The van der Waals surface area contributed by atoms with Crippen LogP contribution in [0.5, 0.6) is 0 Å². The second kappa shape index (κ2) is 5.69. The first-order valence-corrected chi connectivity index (χ1v) is 11.2. The molecule has 6 nitrogen and oxygen atoms in total. The number of sulfone groups is 1. The van der Waals surface area contributed by atoms with E-state index >= 15 is 0 Å². The Morgan fingerprint density at radius 2 is 1.64 bits per heavy atom. The molecular weight excluding hydrogens is 342 g/mol. The number of carbonyl (C=O) groups excluding carboxylic acids is 2. The highest BCUT2D eigenvalue weighted by atomic mass is 32.2. The predicted molar refractivity (Wildman–Crippen MR) is 91.4 cm³/mol. The third-order valence-corrected chi connectivity index (χ3v) is 8.65. The molecule has 140 valence electrons. The molecule has 4 saturated carbocycles. The van der Waals surface area contributed by atoms with Gasteiger partial charge in [0.2, 0.25) is 0 Å². The van der Waals surface area contributed by atoms with Crippen LogP contribution >= 0.6 is 0 Å². The minimum atomic E-state index is -3.08. The largest absolute Gasteiger partial charge is 0.455 e. The van der Waals surface area contributed by atoms with Gasteiger partial charge in [0.05, 0.1) is 22.5 Å². The lowest BCUT2D eigenvalue weighted by Gasteiger charge is -2.55. The lowest BCUT2D eigenvalue weighted by Crippen LogP contribution is -2.52. The second-order valence-corrected chi connectivity index (χ2v) is 11.4. The van der Waals surface area contributed by atoms with Crippen molar-refractivity contribution < 1.29 is 22.7 Å².